The van der Waals surface area contributed by atoms with E-state index in [1.165, 1.54) is 6.08 Å². The molecule has 2 amide bonds. The monoisotopic (exact) mass is 600 g/mol. The van der Waals surface area contributed by atoms with Crippen LogP contribution in [-0.2, 0) is 19.1 Å². The van der Waals surface area contributed by atoms with Crippen molar-refractivity contribution in [3.63, 3.8) is 0 Å². The van der Waals surface area contributed by atoms with Gasteiger partial charge in [0, 0.05) is 36.6 Å². The second kappa shape index (κ2) is 15.8. The van der Waals surface area contributed by atoms with E-state index in [1.54, 1.807) is 32.9 Å². The van der Waals surface area contributed by atoms with E-state index in [2.05, 4.69) is 10.6 Å². The van der Waals surface area contributed by atoms with Crippen molar-refractivity contribution in [1.82, 2.24) is 15.5 Å². The number of primary amides is 1. The van der Waals surface area contributed by atoms with E-state index >= 15 is 0 Å². The molecule has 43 heavy (non-hydrogen) atoms. The summed E-state index contributed by atoms with van der Waals surface area (Å²) in [5.41, 5.74) is 5.95. The smallest absolute Gasteiger partial charge is 0.405 e. The van der Waals surface area contributed by atoms with Crippen molar-refractivity contribution in [2.24, 2.45) is 29.4 Å². The van der Waals surface area contributed by atoms with Gasteiger partial charge in [-0.25, -0.2) is 4.79 Å². The summed E-state index contributed by atoms with van der Waals surface area (Å²) in [6.45, 7) is 11.5. The molecule has 0 aromatic carbocycles. The summed E-state index contributed by atoms with van der Waals surface area (Å²) in [6.07, 6.45) is 4.31. The van der Waals surface area contributed by atoms with Gasteiger partial charge in [-0.2, -0.15) is 0 Å². The zero-order chi connectivity index (χ0) is 32.6. The van der Waals surface area contributed by atoms with Gasteiger partial charge in [-0.3, -0.25) is 14.4 Å². The number of hydrogen-bond donors (Lipinski definition) is 5. The van der Waals surface area contributed by atoms with E-state index < -0.39 is 47.8 Å². The van der Waals surface area contributed by atoms with Gasteiger partial charge in [-0.05, 0) is 51.8 Å². The maximum Gasteiger partial charge on any atom is 0.405 e. The van der Waals surface area contributed by atoms with Crippen LogP contribution in [0.2, 0.25) is 0 Å². The highest BCUT2D eigenvalue weighted by atomic mass is 16.6. The molecule has 1 aliphatic heterocycles. The van der Waals surface area contributed by atoms with Crippen molar-refractivity contribution < 1.29 is 34.1 Å². The number of allylic oxidation sites excluding steroid dienone is 4. The quantitative estimate of drug-likeness (QED) is 0.234. The first kappa shape index (κ1) is 35.7. The zero-order valence-electron chi connectivity index (χ0n) is 26.5. The van der Waals surface area contributed by atoms with Gasteiger partial charge in [-0.1, -0.05) is 52.0 Å². The maximum absolute atomic E-state index is 13.7. The molecule has 0 saturated carbocycles. The minimum atomic E-state index is -1.35. The molecule has 0 fully saturated rings. The van der Waals surface area contributed by atoms with Crippen LogP contribution < -0.4 is 16.4 Å². The lowest BCUT2D eigenvalue weighted by Gasteiger charge is -2.31. The first-order chi connectivity index (χ1) is 20.0. The summed E-state index contributed by atoms with van der Waals surface area (Å²) in [7, 11) is 3.74. The molecule has 1 heterocycles. The van der Waals surface area contributed by atoms with Crippen LogP contribution in [0.1, 0.15) is 48.0 Å². The third kappa shape index (κ3) is 9.74. The van der Waals surface area contributed by atoms with Gasteiger partial charge < -0.3 is 36.2 Å². The minimum Gasteiger partial charge on any atom is -0.441 e. The van der Waals surface area contributed by atoms with Gasteiger partial charge >= 0.3 is 6.09 Å². The molecule has 6 N–H and O–H groups in total. The Morgan fingerprint density at radius 2 is 1.74 bits per heavy atom. The Morgan fingerprint density at radius 1 is 1.09 bits per heavy atom. The van der Waals surface area contributed by atoms with Gasteiger partial charge in [0.1, 0.15) is 6.10 Å². The van der Waals surface area contributed by atoms with E-state index in [4.69, 9.17) is 10.5 Å². The van der Waals surface area contributed by atoms with Crippen LogP contribution in [0.15, 0.2) is 58.5 Å². The van der Waals surface area contributed by atoms with Gasteiger partial charge in [-0.15, -0.1) is 0 Å². The lowest BCUT2D eigenvalue weighted by atomic mass is 9.80. The molecule has 2 bridgehead atoms. The molecule has 0 aromatic heterocycles. The Bertz CT molecular complexity index is 1230. The topological polar surface area (TPSA) is 171 Å². The molecule has 7 atom stereocenters. The highest BCUT2D eigenvalue weighted by molar-refractivity contribution is 6.24. The van der Waals surface area contributed by atoms with Crippen LogP contribution in [0.4, 0.5) is 4.79 Å². The maximum atomic E-state index is 13.7. The summed E-state index contributed by atoms with van der Waals surface area (Å²) in [5.74, 6) is -3.31. The third-order valence-electron chi connectivity index (χ3n) is 7.90. The van der Waals surface area contributed by atoms with E-state index in [0.717, 1.165) is 6.08 Å². The number of nitrogens with two attached hydrogens (primary N) is 1. The number of nitrogens with zero attached hydrogens (tertiary/aromatic N) is 1. The lowest BCUT2D eigenvalue weighted by Crippen LogP contribution is -2.41. The Labute approximate surface area is 254 Å². The van der Waals surface area contributed by atoms with Crippen LogP contribution in [0.25, 0.3) is 0 Å². The van der Waals surface area contributed by atoms with Crippen LogP contribution in [0.5, 0.6) is 0 Å². The molecule has 0 radical (unpaired) electrons. The fourth-order valence-corrected chi connectivity index (χ4v) is 5.40. The molecule has 0 aromatic rings. The first-order valence-corrected chi connectivity index (χ1v) is 14.7. The Balaban J connectivity index is 2.60. The molecule has 1 aliphatic carbocycles. The van der Waals surface area contributed by atoms with Crippen LogP contribution in [0.3, 0.4) is 0 Å². The number of carbonyl (C=O) groups is 4. The van der Waals surface area contributed by atoms with E-state index in [9.17, 15) is 29.4 Å². The van der Waals surface area contributed by atoms with E-state index in [-0.39, 0.29) is 40.3 Å². The van der Waals surface area contributed by atoms with Crippen molar-refractivity contribution >= 4 is 23.6 Å². The molecule has 11 heteroatoms. The second-order valence-corrected chi connectivity index (χ2v) is 12.1. The third-order valence-corrected chi connectivity index (χ3v) is 7.90. The SMILES string of the molecule is C/C1=C/C=C\C(C)C(OC(N)=O)/C(C)=C\C(C)C(O)C(C)CC(C)C(O)C2=C(NCCN(C)C)C(=O)C=C(NC1=O)C2=O. The van der Waals surface area contributed by atoms with Crippen molar-refractivity contribution in [3.05, 3.63) is 58.5 Å². The number of fused-ring (bicyclic) bond motifs is 2. The number of likely N-dealkylation sites (N-methyl/N-ethyl adjacent to an activating group) is 1. The van der Waals surface area contributed by atoms with Crippen molar-refractivity contribution in [2.45, 2.75) is 66.3 Å². The van der Waals surface area contributed by atoms with Crippen LogP contribution in [0, 0.1) is 23.7 Å². The molecule has 2 rings (SSSR count). The number of amides is 2. The van der Waals surface area contributed by atoms with E-state index in [0.29, 0.717) is 25.1 Å². The predicted molar refractivity (Wildman–Crippen MR) is 164 cm³/mol. The standard InChI is InChI=1S/C32H48N4O7/c1-17-10-9-11-18(2)31(41)35-23-16-24(37)26(34-12-13-36(7)8)25(29(23)40)28(39)21(5)14-19(3)27(38)20(4)15-22(6)30(17)43-32(33)42/h9-11,15-17,19-21,27-28,30,34,38-39H,12-14H2,1-8H3,(H2,33,42)(H,35,41)/b10-9-,18-11-,22-15-. The number of ether oxygens (including phenoxy) is 1. The van der Waals surface area contributed by atoms with Gasteiger partial charge in [0.05, 0.1) is 29.2 Å². The minimum absolute atomic E-state index is 0.0000963. The number of ketones is 2. The number of hydrogen-bond acceptors (Lipinski definition) is 9. The molecule has 0 spiro atoms. The van der Waals surface area contributed by atoms with Crippen LogP contribution >= 0.6 is 0 Å². The summed E-state index contributed by atoms with van der Waals surface area (Å²) >= 11 is 0. The lowest BCUT2D eigenvalue weighted by molar-refractivity contribution is -0.120. The van der Waals surface area contributed by atoms with Crippen molar-refractivity contribution in [2.75, 3.05) is 27.2 Å². The number of aliphatic hydroxyl groups excluding tert-OH is 2. The predicted octanol–water partition coefficient (Wildman–Crippen LogP) is 2.13. The molecule has 0 saturated heterocycles. The number of carbonyl (C=O) groups excluding carboxylic acids is 4. The van der Waals surface area contributed by atoms with Gasteiger partial charge in [0.25, 0.3) is 5.91 Å². The highest BCUT2D eigenvalue weighted by Crippen LogP contribution is 2.30. The fraction of sp³-hybridized carbons (Fsp3) is 0.562. The fourth-order valence-electron chi connectivity index (χ4n) is 5.40. The van der Waals surface area contributed by atoms with Crippen LogP contribution in [-0.4, -0.2) is 84.2 Å². The molecular formula is C32H48N4O7. The van der Waals surface area contributed by atoms with Crippen molar-refractivity contribution in [1.29, 1.82) is 0 Å². The number of nitrogens with one attached hydrogen (secondary N) is 2. The average molecular weight is 601 g/mol. The largest absolute Gasteiger partial charge is 0.441 e. The average Bonchev–Trinajstić information content (AvgIpc) is 2.92. The Kier molecular flexibility index (Phi) is 13.1. The van der Waals surface area contributed by atoms with E-state index in [1.807, 2.05) is 45.8 Å². The molecule has 7 unspecified atom stereocenters. The molecule has 11 nitrogen and oxygen atoms in total. The number of rotatable bonds is 5. The number of Topliss-reactive ketones (excluding diaryl/α,β-unsaturated/α-hetero) is 1. The van der Waals surface area contributed by atoms with Gasteiger partial charge in [0.15, 0.2) is 0 Å². The van der Waals surface area contributed by atoms with Gasteiger partial charge in [0.2, 0.25) is 11.6 Å². The summed E-state index contributed by atoms with van der Waals surface area (Å²) in [5, 5.41) is 28.2. The molecular weight excluding hydrogens is 552 g/mol. The Hall–Kier alpha value is -3.54. The molecule has 2 aliphatic rings. The van der Waals surface area contributed by atoms with Crippen molar-refractivity contribution in [3.8, 4) is 0 Å². The summed E-state index contributed by atoms with van der Waals surface area (Å²) < 4.78 is 5.40. The zero-order valence-corrected chi connectivity index (χ0v) is 26.5. The number of aliphatic hydroxyl groups is 2. The Morgan fingerprint density at radius 3 is 2.35 bits per heavy atom. The summed E-state index contributed by atoms with van der Waals surface area (Å²) in [6, 6.07) is 0. The highest BCUT2D eigenvalue weighted by Gasteiger charge is 2.37. The summed E-state index contributed by atoms with van der Waals surface area (Å²) in [4.78, 5) is 53.5. The molecule has 238 valence electrons. The second-order valence-electron chi connectivity index (χ2n) is 12.1. The normalized spacial score (nSPS) is 33.1. The first-order valence-electron chi connectivity index (χ1n) is 14.7.